The van der Waals surface area contributed by atoms with Crippen molar-refractivity contribution in [1.82, 2.24) is 10.3 Å². The molecule has 1 heterocycles. The molecule has 0 saturated carbocycles. The molecule has 3 rings (SSSR count). The predicted octanol–water partition coefficient (Wildman–Crippen LogP) is 4.59. The van der Waals surface area contributed by atoms with Crippen LogP contribution in [0.3, 0.4) is 0 Å². The number of amides is 1. The summed E-state index contributed by atoms with van der Waals surface area (Å²) in [4.78, 5) is 16.5. The molecule has 4 nitrogen and oxygen atoms in total. The van der Waals surface area contributed by atoms with Crippen LogP contribution in [0, 0.1) is 5.82 Å². The fourth-order valence-electron chi connectivity index (χ4n) is 2.39. The van der Waals surface area contributed by atoms with Gasteiger partial charge < -0.3 is 10.6 Å². The van der Waals surface area contributed by atoms with E-state index in [-0.39, 0.29) is 11.7 Å². The quantitative estimate of drug-likeness (QED) is 0.668. The summed E-state index contributed by atoms with van der Waals surface area (Å²) < 4.78 is 12.9. The van der Waals surface area contributed by atoms with Crippen molar-refractivity contribution < 1.29 is 9.18 Å². The standard InChI is InChI=1S/C20H17ClFN3O/c21-16-3-7-18(8-4-16)25-19-13-15(10-12-23-19)20(26)24-11-9-14-1-5-17(22)6-2-14/h1-8,10,12-13H,9,11H2,(H,23,25)(H,24,26). The molecular formula is C20H17ClFN3O. The van der Waals surface area contributed by atoms with Crippen LogP contribution in [0.25, 0.3) is 0 Å². The van der Waals surface area contributed by atoms with E-state index in [0.717, 1.165) is 11.3 Å². The second-order valence-corrected chi connectivity index (χ2v) is 6.13. The minimum Gasteiger partial charge on any atom is -0.352 e. The maximum absolute atomic E-state index is 12.9. The summed E-state index contributed by atoms with van der Waals surface area (Å²) in [5.41, 5.74) is 2.30. The Kier molecular flexibility index (Phi) is 5.81. The molecule has 2 aromatic carbocycles. The third-order valence-corrected chi connectivity index (χ3v) is 4.00. The van der Waals surface area contributed by atoms with E-state index in [0.29, 0.717) is 29.4 Å². The smallest absolute Gasteiger partial charge is 0.251 e. The van der Waals surface area contributed by atoms with Gasteiger partial charge in [-0.1, -0.05) is 23.7 Å². The zero-order valence-corrected chi connectivity index (χ0v) is 14.6. The van der Waals surface area contributed by atoms with Crippen molar-refractivity contribution in [3.63, 3.8) is 0 Å². The second-order valence-electron chi connectivity index (χ2n) is 5.69. The number of hydrogen-bond acceptors (Lipinski definition) is 3. The molecule has 3 aromatic rings. The number of carbonyl (C=O) groups is 1. The van der Waals surface area contributed by atoms with E-state index in [1.165, 1.54) is 12.1 Å². The third kappa shape index (κ3) is 5.04. The molecule has 0 aliphatic rings. The second kappa shape index (κ2) is 8.45. The molecule has 1 aromatic heterocycles. The molecular weight excluding hydrogens is 353 g/mol. The molecule has 0 radical (unpaired) electrons. The minimum atomic E-state index is -0.268. The number of rotatable bonds is 6. The van der Waals surface area contributed by atoms with E-state index in [9.17, 15) is 9.18 Å². The number of benzene rings is 2. The van der Waals surface area contributed by atoms with E-state index < -0.39 is 0 Å². The van der Waals surface area contributed by atoms with Crippen molar-refractivity contribution in [3.8, 4) is 0 Å². The molecule has 0 atom stereocenters. The van der Waals surface area contributed by atoms with Crippen molar-refractivity contribution in [1.29, 1.82) is 0 Å². The molecule has 0 spiro atoms. The van der Waals surface area contributed by atoms with E-state index in [1.54, 1.807) is 42.6 Å². The summed E-state index contributed by atoms with van der Waals surface area (Å²) in [6.45, 7) is 0.465. The molecule has 0 fully saturated rings. The molecule has 6 heteroatoms. The van der Waals surface area contributed by atoms with E-state index >= 15 is 0 Å². The highest BCUT2D eigenvalue weighted by molar-refractivity contribution is 6.30. The molecule has 0 aliphatic heterocycles. The highest BCUT2D eigenvalue weighted by Crippen LogP contribution is 2.18. The Hall–Kier alpha value is -2.92. The maximum atomic E-state index is 12.9. The zero-order chi connectivity index (χ0) is 18.4. The average molecular weight is 370 g/mol. The van der Waals surface area contributed by atoms with Crippen molar-refractivity contribution in [3.05, 3.63) is 88.8 Å². The largest absolute Gasteiger partial charge is 0.352 e. The van der Waals surface area contributed by atoms with Gasteiger partial charge in [0.1, 0.15) is 11.6 Å². The van der Waals surface area contributed by atoms with Crippen molar-refractivity contribution in [2.24, 2.45) is 0 Å². The van der Waals surface area contributed by atoms with Crippen LogP contribution in [0.1, 0.15) is 15.9 Å². The summed E-state index contributed by atoms with van der Waals surface area (Å²) in [5, 5.41) is 6.63. The highest BCUT2D eigenvalue weighted by Gasteiger charge is 2.07. The van der Waals surface area contributed by atoms with E-state index in [1.807, 2.05) is 12.1 Å². The molecule has 0 saturated heterocycles. The first-order valence-electron chi connectivity index (χ1n) is 8.11. The lowest BCUT2D eigenvalue weighted by molar-refractivity contribution is 0.0954. The van der Waals surface area contributed by atoms with Crippen LogP contribution in [0.15, 0.2) is 66.9 Å². The van der Waals surface area contributed by atoms with Crippen molar-refractivity contribution in [2.45, 2.75) is 6.42 Å². The van der Waals surface area contributed by atoms with Gasteiger partial charge in [0.25, 0.3) is 5.91 Å². The summed E-state index contributed by atoms with van der Waals surface area (Å²) in [7, 11) is 0. The van der Waals surface area contributed by atoms with Crippen LogP contribution < -0.4 is 10.6 Å². The lowest BCUT2D eigenvalue weighted by Gasteiger charge is -2.09. The van der Waals surface area contributed by atoms with Crippen LogP contribution in [0.4, 0.5) is 15.9 Å². The van der Waals surface area contributed by atoms with Crippen LogP contribution in [0.5, 0.6) is 0 Å². The third-order valence-electron chi connectivity index (χ3n) is 3.75. The average Bonchev–Trinajstić information content (AvgIpc) is 2.65. The number of aromatic nitrogens is 1. The molecule has 0 bridgehead atoms. The van der Waals surface area contributed by atoms with Gasteiger partial charge in [-0.25, -0.2) is 9.37 Å². The molecule has 26 heavy (non-hydrogen) atoms. The van der Waals surface area contributed by atoms with Gasteiger partial charge >= 0.3 is 0 Å². The van der Waals surface area contributed by atoms with E-state index in [2.05, 4.69) is 15.6 Å². The maximum Gasteiger partial charge on any atom is 0.251 e. The van der Waals surface area contributed by atoms with Gasteiger partial charge in [0, 0.05) is 29.0 Å². The van der Waals surface area contributed by atoms with Gasteiger partial charge in [0.2, 0.25) is 0 Å². The number of anilines is 2. The number of pyridine rings is 1. The Morgan fingerprint density at radius 2 is 1.77 bits per heavy atom. The molecule has 1 amide bonds. The Morgan fingerprint density at radius 1 is 1.04 bits per heavy atom. The minimum absolute atomic E-state index is 0.186. The lowest BCUT2D eigenvalue weighted by atomic mass is 10.1. The highest BCUT2D eigenvalue weighted by atomic mass is 35.5. The monoisotopic (exact) mass is 369 g/mol. The zero-order valence-electron chi connectivity index (χ0n) is 13.9. The van der Waals surface area contributed by atoms with Gasteiger partial charge in [-0.3, -0.25) is 4.79 Å². The van der Waals surface area contributed by atoms with Gasteiger partial charge in [0.15, 0.2) is 0 Å². The first kappa shape index (κ1) is 17.9. The van der Waals surface area contributed by atoms with Gasteiger partial charge in [-0.2, -0.15) is 0 Å². The van der Waals surface area contributed by atoms with Gasteiger partial charge in [-0.15, -0.1) is 0 Å². The van der Waals surface area contributed by atoms with Crippen molar-refractivity contribution >= 4 is 29.0 Å². The first-order chi connectivity index (χ1) is 12.6. The number of nitrogens with one attached hydrogen (secondary N) is 2. The molecule has 2 N–H and O–H groups in total. The SMILES string of the molecule is O=C(NCCc1ccc(F)cc1)c1ccnc(Nc2ccc(Cl)cc2)c1. The Balaban J connectivity index is 1.57. The number of halogens is 2. The van der Waals surface area contributed by atoms with Crippen LogP contribution in [0.2, 0.25) is 5.02 Å². The lowest BCUT2D eigenvalue weighted by Crippen LogP contribution is -2.25. The summed E-state index contributed by atoms with van der Waals surface area (Å²) in [6.07, 6.45) is 2.21. The van der Waals surface area contributed by atoms with Gasteiger partial charge in [0.05, 0.1) is 0 Å². The Bertz CT molecular complexity index is 882. The molecule has 0 unspecified atom stereocenters. The van der Waals surface area contributed by atoms with E-state index in [4.69, 9.17) is 11.6 Å². The fraction of sp³-hybridized carbons (Fsp3) is 0.100. The number of carbonyl (C=O) groups excluding carboxylic acids is 1. The van der Waals surface area contributed by atoms with Crippen LogP contribution in [-0.4, -0.2) is 17.4 Å². The van der Waals surface area contributed by atoms with Gasteiger partial charge in [-0.05, 0) is 60.5 Å². The summed E-state index contributed by atoms with van der Waals surface area (Å²) in [6, 6.07) is 16.8. The summed E-state index contributed by atoms with van der Waals surface area (Å²) in [5.74, 6) is 0.113. The number of nitrogens with zero attached hydrogens (tertiary/aromatic N) is 1. The molecule has 132 valence electrons. The topological polar surface area (TPSA) is 54.0 Å². The molecule has 0 aliphatic carbocycles. The Morgan fingerprint density at radius 3 is 2.50 bits per heavy atom. The fourth-order valence-corrected chi connectivity index (χ4v) is 2.52. The normalized spacial score (nSPS) is 10.4. The van der Waals surface area contributed by atoms with Crippen LogP contribution in [-0.2, 0) is 6.42 Å². The van der Waals surface area contributed by atoms with Crippen LogP contribution >= 0.6 is 11.6 Å². The Labute approximate surface area is 156 Å². The first-order valence-corrected chi connectivity index (χ1v) is 8.49. The number of hydrogen-bond donors (Lipinski definition) is 2. The predicted molar refractivity (Wildman–Crippen MR) is 101 cm³/mol. The van der Waals surface area contributed by atoms with Crippen molar-refractivity contribution in [2.75, 3.05) is 11.9 Å². The summed E-state index contributed by atoms with van der Waals surface area (Å²) >= 11 is 5.87.